The lowest BCUT2D eigenvalue weighted by Gasteiger charge is -2.43. The van der Waals surface area contributed by atoms with Crippen LogP contribution in [0.5, 0.6) is 5.75 Å². The lowest BCUT2D eigenvalue weighted by atomic mass is 9.92. The van der Waals surface area contributed by atoms with Gasteiger partial charge in [-0.15, -0.1) is 11.6 Å². The van der Waals surface area contributed by atoms with Crippen LogP contribution in [0.3, 0.4) is 0 Å². The van der Waals surface area contributed by atoms with Gasteiger partial charge in [-0.2, -0.15) is 0 Å². The van der Waals surface area contributed by atoms with Crippen molar-refractivity contribution in [2.24, 2.45) is 11.3 Å². The molecular formula is C23H37ClO3. The molecule has 0 bridgehead atoms. The van der Waals surface area contributed by atoms with Crippen LogP contribution in [-0.4, -0.2) is 25.7 Å². The largest absolute Gasteiger partial charge is 0.493 e. The number of hydrogen-bond donors (Lipinski definition) is 0. The maximum Gasteiger partial charge on any atom is 0.209 e. The molecule has 0 radical (unpaired) electrons. The maximum atomic E-state index is 6.32. The number of unbranched alkanes of at least 4 members (excludes halogenated alkanes) is 1. The van der Waals surface area contributed by atoms with E-state index in [2.05, 4.69) is 53.7 Å². The van der Waals surface area contributed by atoms with E-state index >= 15 is 0 Å². The quantitative estimate of drug-likeness (QED) is 0.454. The summed E-state index contributed by atoms with van der Waals surface area (Å²) in [6.45, 7) is 15.0. The third-order valence-corrected chi connectivity index (χ3v) is 5.87. The van der Waals surface area contributed by atoms with Gasteiger partial charge in [0, 0.05) is 11.0 Å². The minimum atomic E-state index is -0.864. The Morgan fingerprint density at radius 3 is 2.33 bits per heavy atom. The number of benzene rings is 1. The van der Waals surface area contributed by atoms with Gasteiger partial charge < -0.3 is 14.2 Å². The molecule has 1 atom stereocenters. The molecule has 1 aliphatic rings. The molecule has 3 nitrogen and oxygen atoms in total. The Bertz CT molecular complexity index is 602. The van der Waals surface area contributed by atoms with Crippen molar-refractivity contribution in [3.05, 3.63) is 28.8 Å². The van der Waals surface area contributed by atoms with Crippen LogP contribution >= 0.6 is 11.6 Å². The first-order valence-corrected chi connectivity index (χ1v) is 10.9. The molecule has 0 spiro atoms. The summed E-state index contributed by atoms with van der Waals surface area (Å²) in [4.78, 5) is 0. The molecule has 1 unspecified atom stereocenters. The summed E-state index contributed by atoms with van der Waals surface area (Å²) < 4.78 is 18.5. The van der Waals surface area contributed by atoms with Gasteiger partial charge in [-0.05, 0) is 49.4 Å². The van der Waals surface area contributed by atoms with E-state index in [0.29, 0.717) is 19.1 Å². The van der Waals surface area contributed by atoms with Gasteiger partial charge in [0.05, 0.1) is 25.7 Å². The number of alkyl halides is 1. The highest BCUT2D eigenvalue weighted by atomic mass is 35.5. The summed E-state index contributed by atoms with van der Waals surface area (Å²) in [5.74, 6) is 0.980. The highest BCUT2D eigenvalue weighted by Gasteiger charge is 2.42. The lowest BCUT2D eigenvalue weighted by molar-refractivity contribution is -0.296. The van der Waals surface area contributed by atoms with Crippen LogP contribution in [0.1, 0.15) is 70.1 Å². The second-order valence-corrected chi connectivity index (χ2v) is 9.06. The van der Waals surface area contributed by atoms with E-state index in [1.807, 2.05) is 0 Å². The summed E-state index contributed by atoms with van der Waals surface area (Å²) in [5.41, 5.74) is 3.21. The maximum absolute atomic E-state index is 6.32. The molecule has 1 saturated heterocycles. The van der Waals surface area contributed by atoms with Crippen molar-refractivity contribution in [1.82, 2.24) is 0 Å². The minimum absolute atomic E-state index is 0.00914. The van der Waals surface area contributed by atoms with E-state index in [1.165, 1.54) is 19.3 Å². The van der Waals surface area contributed by atoms with Crippen LogP contribution in [-0.2, 0) is 15.3 Å². The first-order chi connectivity index (χ1) is 12.8. The average Bonchev–Trinajstić information content (AvgIpc) is 2.65. The Labute approximate surface area is 170 Å². The number of ether oxygens (including phenoxy) is 3. The fourth-order valence-electron chi connectivity index (χ4n) is 3.47. The normalized spacial score (nSPS) is 19.7. The summed E-state index contributed by atoms with van der Waals surface area (Å²) in [7, 11) is 0. The molecule has 0 aromatic heterocycles. The predicted molar refractivity (Wildman–Crippen MR) is 113 cm³/mol. The Morgan fingerprint density at radius 1 is 1.11 bits per heavy atom. The zero-order valence-corrected chi connectivity index (χ0v) is 18.7. The smallest absolute Gasteiger partial charge is 0.209 e. The van der Waals surface area contributed by atoms with E-state index in [4.69, 9.17) is 25.8 Å². The zero-order valence-electron chi connectivity index (χ0n) is 18.0. The Kier molecular flexibility index (Phi) is 8.03. The predicted octanol–water partition coefficient (Wildman–Crippen LogP) is 6.36. The van der Waals surface area contributed by atoms with Crippen molar-refractivity contribution in [2.45, 2.75) is 73.0 Å². The highest BCUT2D eigenvalue weighted by molar-refractivity contribution is 6.18. The molecule has 4 heteroatoms. The van der Waals surface area contributed by atoms with Gasteiger partial charge in [-0.1, -0.05) is 47.0 Å². The summed E-state index contributed by atoms with van der Waals surface area (Å²) in [5, 5.41) is 0. The summed E-state index contributed by atoms with van der Waals surface area (Å²) in [6, 6.07) is 4.23. The van der Waals surface area contributed by atoms with Crippen molar-refractivity contribution in [3.8, 4) is 5.75 Å². The van der Waals surface area contributed by atoms with Gasteiger partial charge >= 0.3 is 0 Å². The molecule has 0 saturated carbocycles. The monoisotopic (exact) mass is 396 g/mol. The first-order valence-electron chi connectivity index (χ1n) is 10.3. The van der Waals surface area contributed by atoms with Crippen LogP contribution < -0.4 is 4.74 Å². The van der Waals surface area contributed by atoms with E-state index in [0.717, 1.165) is 35.5 Å². The second-order valence-electron chi connectivity index (χ2n) is 8.79. The van der Waals surface area contributed by atoms with Crippen LogP contribution in [0.25, 0.3) is 0 Å². The highest BCUT2D eigenvalue weighted by Crippen LogP contribution is 2.40. The van der Waals surface area contributed by atoms with E-state index in [9.17, 15) is 0 Å². The molecule has 1 heterocycles. The average molecular weight is 397 g/mol. The van der Waals surface area contributed by atoms with Crippen molar-refractivity contribution in [3.63, 3.8) is 0 Å². The fourth-order valence-corrected chi connectivity index (χ4v) is 3.77. The zero-order chi connectivity index (χ0) is 20.1. The van der Waals surface area contributed by atoms with Crippen molar-refractivity contribution in [1.29, 1.82) is 0 Å². The Hall–Kier alpha value is -0.770. The molecule has 1 aromatic rings. The molecule has 27 heavy (non-hydrogen) atoms. The third-order valence-electron chi connectivity index (χ3n) is 5.52. The molecule has 2 rings (SSSR count). The van der Waals surface area contributed by atoms with Crippen LogP contribution in [0.2, 0.25) is 0 Å². The molecular weight excluding hydrogens is 360 g/mol. The van der Waals surface area contributed by atoms with Crippen LogP contribution in [0, 0.1) is 25.2 Å². The Balaban J connectivity index is 2.16. The molecule has 1 fully saturated rings. The summed E-state index contributed by atoms with van der Waals surface area (Å²) >= 11 is 6.32. The second kappa shape index (κ2) is 9.62. The standard InChI is InChI=1S/C23H37ClO3/c1-7-9-10-19(8-2)13-25-21-12-17(3)20(11-18(21)4)23(14-24)26-15-22(5,6)16-27-23/h11-12,19H,7-10,13-16H2,1-6H3. The molecule has 0 N–H and O–H groups in total. The summed E-state index contributed by atoms with van der Waals surface area (Å²) in [6.07, 6.45) is 4.89. The SMILES string of the molecule is CCCCC(CC)COc1cc(C)c(C2(CCl)OCC(C)(C)CO2)cc1C. The molecule has 0 aliphatic carbocycles. The lowest BCUT2D eigenvalue weighted by Crippen LogP contribution is -2.47. The van der Waals surface area contributed by atoms with Crippen molar-refractivity contribution < 1.29 is 14.2 Å². The van der Waals surface area contributed by atoms with Gasteiger partial charge in [0.1, 0.15) is 5.75 Å². The molecule has 154 valence electrons. The van der Waals surface area contributed by atoms with Crippen molar-refractivity contribution in [2.75, 3.05) is 25.7 Å². The first kappa shape index (κ1) is 22.5. The van der Waals surface area contributed by atoms with Gasteiger partial charge in [-0.3, -0.25) is 0 Å². The van der Waals surface area contributed by atoms with E-state index in [-0.39, 0.29) is 11.3 Å². The van der Waals surface area contributed by atoms with E-state index < -0.39 is 5.79 Å². The fraction of sp³-hybridized carbons (Fsp3) is 0.739. The van der Waals surface area contributed by atoms with Gasteiger partial charge in [-0.25, -0.2) is 0 Å². The van der Waals surface area contributed by atoms with Crippen LogP contribution in [0.15, 0.2) is 12.1 Å². The third kappa shape index (κ3) is 5.62. The topological polar surface area (TPSA) is 27.7 Å². The molecule has 1 aromatic carbocycles. The van der Waals surface area contributed by atoms with Gasteiger partial charge in [0.15, 0.2) is 0 Å². The van der Waals surface area contributed by atoms with Gasteiger partial charge in [0.2, 0.25) is 5.79 Å². The van der Waals surface area contributed by atoms with Crippen molar-refractivity contribution >= 4 is 11.6 Å². The van der Waals surface area contributed by atoms with Crippen LogP contribution in [0.4, 0.5) is 0 Å². The van der Waals surface area contributed by atoms with E-state index in [1.54, 1.807) is 0 Å². The number of aryl methyl sites for hydroxylation is 2. The minimum Gasteiger partial charge on any atom is -0.493 e. The number of rotatable bonds is 9. The number of hydrogen-bond acceptors (Lipinski definition) is 3. The van der Waals surface area contributed by atoms with Gasteiger partial charge in [0.25, 0.3) is 0 Å². The molecule has 0 amide bonds. The Morgan fingerprint density at radius 2 is 1.78 bits per heavy atom. The molecule has 1 aliphatic heterocycles. The number of halogens is 1.